The summed E-state index contributed by atoms with van der Waals surface area (Å²) < 4.78 is 15.9. The normalized spacial score (nSPS) is 13.1. The van der Waals surface area contributed by atoms with Gasteiger partial charge in [-0.05, 0) is 48.0 Å². The molecule has 2 heterocycles. The largest absolute Gasteiger partial charge is 0.493 e. The highest BCUT2D eigenvalue weighted by Crippen LogP contribution is 2.28. The number of hydrazone groups is 1. The van der Waals surface area contributed by atoms with Crippen LogP contribution < -0.4 is 14.8 Å². The van der Waals surface area contributed by atoms with E-state index in [1.807, 2.05) is 18.2 Å². The van der Waals surface area contributed by atoms with Crippen LogP contribution in [0.4, 0.5) is 10.5 Å². The van der Waals surface area contributed by atoms with E-state index in [2.05, 4.69) is 15.4 Å². The molecule has 4 rings (SSSR count). The van der Waals surface area contributed by atoms with E-state index in [4.69, 9.17) is 14.2 Å². The van der Waals surface area contributed by atoms with E-state index in [0.717, 1.165) is 11.1 Å². The highest BCUT2D eigenvalue weighted by atomic mass is 16.6. The van der Waals surface area contributed by atoms with Crippen molar-refractivity contribution in [3.63, 3.8) is 0 Å². The van der Waals surface area contributed by atoms with Crippen molar-refractivity contribution >= 4 is 23.4 Å². The fourth-order valence-corrected chi connectivity index (χ4v) is 3.24. The second-order valence-electron chi connectivity index (χ2n) is 7.12. The Morgan fingerprint density at radius 1 is 1.09 bits per heavy atom. The maximum absolute atomic E-state index is 12.3. The molecule has 0 bridgehead atoms. The molecule has 0 atom stereocenters. The van der Waals surface area contributed by atoms with Gasteiger partial charge in [-0.2, -0.15) is 10.1 Å². The number of pyridine rings is 1. The SMILES string of the molecule is COc1ccc(C2=NN(Cc3ccc(NC(=O)c4cccnc4)cc3)C(=O)OC2)cc1OC. The van der Waals surface area contributed by atoms with Gasteiger partial charge in [0.2, 0.25) is 0 Å². The zero-order chi connectivity index (χ0) is 23.2. The predicted molar refractivity (Wildman–Crippen MR) is 122 cm³/mol. The van der Waals surface area contributed by atoms with Crippen molar-refractivity contribution in [3.05, 3.63) is 83.7 Å². The molecule has 9 heteroatoms. The monoisotopic (exact) mass is 446 g/mol. The van der Waals surface area contributed by atoms with Gasteiger partial charge >= 0.3 is 6.09 Å². The second-order valence-corrected chi connectivity index (χ2v) is 7.12. The summed E-state index contributed by atoms with van der Waals surface area (Å²) in [6.45, 7) is 0.274. The number of hydrogen-bond acceptors (Lipinski definition) is 7. The fraction of sp³-hybridized carbons (Fsp3) is 0.167. The number of amides is 2. The summed E-state index contributed by atoms with van der Waals surface area (Å²) in [5.41, 5.74) is 3.27. The molecule has 0 unspecified atom stereocenters. The molecule has 1 N–H and O–H groups in total. The summed E-state index contributed by atoms with van der Waals surface area (Å²) in [4.78, 5) is 28.5. The standard InChI is InChI=1S/C24H22N4O5/c1-31-21-10-7-17(12-22(21)32-2)20-15-33-24(30)28(27-20)14-16-5-8-19(9-6-16)26-23(29)18-4-3-11-25-13-18/h3-13H,14-15H2,1-2H3,(H,26,29). The summed E-state index contributed by atoms with van der Waals surface area (Å²) in [5, 5.41) is 8.55. The van der Waals surface area contributed by atoms with E-state index in [1.54, 1.807) is 56.8 Å². The lowest BCUT2D eigenvalue weighted by Gasteiger charge is -2.24. The van der Waals surface area contributed by atoms with Crippen LogP contribution in [0.15, 0.2) is 72.1 Å². The molecule has 2 amide bonds. The van der Waals surface area contributed by atoms with Crippen molar-refractivity contribution in [1.29, 1.82) is 0 Å². The topological polar surface area (TPSA) is 102 Å². The van der Waals surface area contributed by atoms with Gasteiger partial charge in [0.25, 0.3) is 5.91 Å². The first-order valence-electron chi connectivity index (χ1n) is 10.1. The van der Waals surface area contributed by atoms with Crippen LogP contribution in [0.1, 0.15) is 21.5 Å². The van der Waals surface area contributed by atoms with Gasteiger partial charge in [0.15, 0.2) is 11.5 Å². The second kappa shape index (κ2) is 9.82. The lowest BCUT2D eigenvalue weighted by molar-refractivity contribution is 0.102. The average molecular weight is 446 g/mol. The number of anilines is 1. The number of methoxy groups -OCH3 is 2. The van der Waals surface area contributed by atoms with Crippen molar-refractivity contribution in [2.24, 2.45) is 5.10 Å². The van der Waals surface area contributed by atoms with Gasteiger partial charge in [-0.1, -0.05) is 12.1 Å². The quantitative estimate of drug-likeness (QED) is 0.594. The third-order valence-corrected chi connectivity index (χ3v) is 4.97. The summed E-state index contributed by atoms with van der Waals surface area (Å²) in [6, 6.07) is 15.9. The molecule has 1 aliphatic rings. The first kappa shape index (κ1) is 21.8. The minimum atomic E-state index is -0.534. The molecule has 0 saturated heterocycles. The zero-order valence-corrected chi connectivity index (χ0v) is 18.1. The molecule has 1 aromatic heterocycles. The van der Waals surface area contributed by atoms with Gasteiger partial charge in [0.05, 0.1) is 26.3 Å². The Balaban J connectivity index is 1.46. The van der Waals surface area contributed by atoms with Crippen LogP contribution in [-0.2, 0) is 11.3 Å². The Hall–Kier alpha value is -4.40. The highest BCUT2D eigenvalue weighted by Gasteiger charge is 2.23. The maximum Gasteiger partial charge on any atom is 0.431 e. The van der Waals surface area contributed by atoms with E-state index in [9.17, 15) is 9.59 Å². The molecular formula is C24H22N4O5. The molecule has 9 nitrogen and oxygen atoms in total. The molecule has 33 heavy (non-hydrogen) atoms. The van der Waals surface area contributed by atoms with Crippen LogP contribution in [-0.4, -0.2) is 48.5 Å². The number of nitrogens with zero attached hydrogens (tertiary/aromatic N) is 3. The number of nitrogens with one attached hydrogen (secondary N) is 1. The van der Waals surface area contributed by atoms with Crippen LogP contribution in [0, 0.1) is 0 Å². The molecule has 0 aliphatic carbocycles. The maximum atomic E-state index is 12.3. The number of cyclic esters (lactones) is 1. The van der Waals surface area contributed by atoms with E-state index in [-0.39, 0.29) is 19.1 Å². The molecule has 3 aromatic rings. The molecule has 168 valence electrons. The molecule has 0 saturated carbocycles. The summed E-state index contributed by atoms with van der Waals surface area (Å²) in [6.07, 6.45) is 2.57. The number of hydrogen-bond donors (Lipinski definition) is 1. The van der Waals surface area contributed by atoms with Crippen LogP contribution in [0.2, 0.25) is 0 Å². The number of carbonyl (C=O) groups excluding carboxylic acids is 2. The van der Waals surface area contributed by atoms with Crippen molar-refractivity contribution in [2.75, 3.05) is 26.1 Å². The van der Waals surface area contributed by atoms with Gasteiger partial charge in [0.1, 0.15) is 12.3 Å². The molecule has 1 aliphatic heterocycles. The van der Waals surface area contributed by atoms with Gasteiger partial charge in [-0.3, -0.25) is 9.78 Å². The average Bonchev–Trinajstić information content (AvgIpc) is 2.86. The van der Waals surface area contributed by atoms with Gasteiger partial charge in [-0.25, -0.2) is 4.79 Å². The van der Waals surface area contributed by atoms with E-state index < -0.39 is 6.09 Å². The Morgan fingerprint density at radius 3 is 2.58 bits per heavy atom. The smallest absolute Gasteiger partial charge is 0.431 e. The molecule has 2 aromatic carbocycles. The van der Waals surface area contributed by atoms with E-state index >= 15 is 0 Å². The van der Waals surface area contributed by atoms with Crippen LogP contribution >= 0.6 is 0 Å². The Morgan fingerprint density at radius 2 is 1.88 bits per heavy atom. The number of ether oxygens (including phenoxy) is 3. The molecule has 0 radical (unpaired) electrons. The minimum Gasteiger partial charge on any atom is -0.493 e. The van der Waals surface area contributed by atoms with Gasteiger partial charge in [-0.15, -0.1) is 0 Å². The number of carbonyl (C=O) groups is 2. The Labute approximate surface area is 190 Å². The van der Waals surface area contributed by atoms with Gasteiger partial charge in [0, 0.05) is 23.6 Å². The minimum absolute atomic E-state index is 0.0597. The van der Waals surface area contributed by atoms with E-state index in [0.29, 0.717) is 28.5 Å². The van der Waals surface area contributed by atoms with Crippen molar-refractivity contribution in [2.45, 2.75) is 6.54 Å². The Kier molecular flexibility index (Phi) is 6.49. The molecule has 0 spiro atoms. The first-order chi connectivity index (χ1) is 16.1. The summed E-state index contributed by atoms with van der Waals surface area (Å²) in [7, 11) is 3.12. The van der Waals surface area contributed by atoms with Gasteiger partial charge < -0.3 is 19.5 Å². The fourth-order valence-electron chi connectivity index (χ4n) is 3.24. The van der Waals surface area contributed by atoms with Crippen molar-refractivity contribution in [3.8, 4) is 11.5 Å². The molecular weight excluding hydrogens is 424 g/mol. The third kappa shape index (κ3) is 5.09. The van der Waals surface area contributed by atoms with Crippen LogP contribution in [0.3, 0.4) is 0 Å². The van der Waals surface area contributed by atoms with Crippen molar-refractivity contribution < 1.29 is 23.8 Å². The zero-order valence-electron chi connectivity index (χ0n) is 18.1. The van der Waals surface area contributed by atoms with E-state index in [1.165, 1.54) is 11.2 Å². The van der Waals surface area contributed by atoms with Crippen molar-refractivity contribution in [1.82, 2.24) is 9.99 Å². The Bertz CT molecular complexity index is 1180. The number of rotatable bonds is 7. The lowest BCUT2D eigenvalue weighted by atomic mass is 10.1. The summed E-state index contributed by atoms with van der Waals surface area (Å²) in [5.74, 6) is 0.909. The number of aromatic nitrogens is 1. The van der Waals surface area contributed by atoms with Crippen LogP contribution in [0.5, 0.6) is 11.5 Å². The molecule has 0 fully saturated rings. The lowest BCUT2D eigenvalue weighted by Crippen LogP contribution is -2.35. The first-order valence-corrected chi connectivity index (χ1v) is 10.1. The number of benzene rings is 2. The third-order valence-electron chi connectivity index (χ3n) is 4.97. The van der Waals surface area contributed by atoms with Crippen LogP contribution in [0.25, 0.3) is 0 Å². The summed E-state index contributed by atoms with van der Waals surface area (Å²) >= 11 is 0. The highest BCUT2D eigenvalue weighted by molar-refractivity contribution is 6.04. The predicted octanol–water partition coefficient (Wildman–Crippen LogP) is 3.71.